The number of carbonyl (C=O) groups excluding carboxylic acids is 1. The first kappa shape index (κ1) is 15.5. The van der Waals surface area contributed by atoms with E-state index in [1.54, 1.807) is 26.2 Å². The van der Waals surface area contributed by atoms with Crippen LogP contribution in [-0.2, 0) is 4.74 Å². The van der Waals surface area contributed by atoms with Gasteiger partial charge in [0.15, 0.2) is 0 Å². The van der Waals surface area contributed by atoms with Gasteiger partial charge in [0.2, 0.25) is 0 Å². The van der Waals surface area contributed by atoms with Crippen LogP contribution in [0.1, 0.15) is 15.9 Å². The van der Waals surface area contributed by atoms with E-state index in [1.165, 1.54) is 6.07 Å². The second-order valence-electron chi connectivity index (χ2n) is 4.55. The number of carbonyl (C=O) groups is 1. The SMILES string of the molecule is COCCN(C)CCNC(=O)c1ccc(C)c(O)c1. The van der Waals surface area contributed by atoms with Crippen LogP contribution < -0.4 is 5.32 Å². The van der Waals surface area contributed by atoms with Crippen molar-refractivity contribution in [1.29, 1.82) is 0 Å². The smallest absolute Gasteiger partial charge is 0.251 e. The minimum Gasteiger partial charge on any atom is -0.508 e. The summed E-state index contributed by atoms with van der Waals surface area (Å²) < 4.78 is 4.98. The van der Waals surface area contributed by atoms with Crippen LogP contribution in [0.4, 0.5) is 0 Å². The molecule has 0 unspecified atom stereocenters. The lowest BCUT2D eigenvalue weighted by molar-refractivity contribution is 0.0947. The number of benzene rings is 1. The number of likely N-dealkylation sites (N-methyl/N-ethyl adjacent to an activating group) is 1. The van der Waals surface area contributed by atoms with Crippen molar-refractivity contribution < 1.29 is 14.6 Å². The molecule has 0 atom stereocenters. The molecule has 0 heterocycles. The normalized spacial score (nSPS) is 10.7. The maximum atomic E-state index is 11.8. The molecule has 0 spiro atoms. The predicted octanol–water partition coefficient (Wildman–Crippen LogP) is 1.01. The summed E-state index contributed by atoms with van der Waals surface area (Å²) in [7, 11) is 3.64. The molecule has 1 aromatic carbocycles. The van der Waals surface area contributed by atoms with Gasteiger partial charge in [0, 0.05) is 32.3 Å². The highest BCUT2D eigenvalue weighted by Gasteiger charge is 2.07. The maximum absolute atomic E-state index is 11.8. The van der Waals surface area contributed by atoms with Gasteiger partial charge in [-0.2, -0.15) is 0 Å². The van der Waals surface area contributed by atoms with E-state index in [4.69, 9.17) is 4.74 Å². The van der Waals surface area contributed by atoms with Crippen molar-refractivity contribution >= 4 is 5.91 Å². The first-order valence-corrected chi connectivity index (χ1v) is 6.30. The van der Waals surface area contributed by atoms with E-state index in [0.717, 1.165) is 18.7 Å². The molecule has 5 heteroatoms. The number of nitrogens with one attached hydrogen (secondary N) is 1. The molecule has 0 aromatic heterocycles. The zero-order chi connectivity index (χ0) is 14.3. The second-order valence-corrected chi connectivity index (χ2v) is 4.55. The zero-order valence-corrected chi connectivity index (χ0v) is 11.8. The van der Waals surface area contributed by atoms with Crippen LogP contribution in [0.2, 0.25) is 0 Å². The van der Waals surface area contributed by atoms with E-state index in [9.17, 15) is 9.90 Å². The maximum Gasteiger partial charge on any atom is 0.251 e. The van der Waals surface area contributed by atoms with E-state index in [1.807, 2.05) is 7.05 Å². The van der Waals surface area contributed by atoms with E-state index in [-0.39, 0.29) is 11.7 Å². The molecule has 0 aliphatic heterocycles. The van der Waals surface area contributed by atoms with Crippen molar-refractivity contribution in [1.82, 2.24) is 10.2 Å². The number of aromatic hydroxyl groups is 1. The van der Waals surface area contributed by atoms with Crippen molar-refractivity contribution in [2.75, 3.05) is 40.4 Å². The van der Waals surface area contributed by atoms with Crippen LogP contribution in [0, 0.1) is 6.92 Å². The average Bonchev–Trinajstić information content (AvgIpc) is 2.39. The Labute approximate surface area is 114 Å². The van der Waals surface area contributed by atoms with Crippen LogP contribution in [0.3, 0.4) is 0 Å². The third-order valence-corrected chi connectivity index (χ3v) is 2.93. The van der Waals surface area contributed by atoms with E-state index in [2.05, 4.69) is 10.2 Å². The van der Waals surface area contributed by atoms with Crippen LogP contribution in [0.15, 0.2) is 18.2 Å². The third-order valence-electron chi connectivity index (χ3n) is 2.93. The molecule has 1 rings (SSSR count). The van der Waals surface area contributed by atoms with Gasteiger partial charge in [0.05, 0.1) is 6.61 Å². The first-order chi connectivity index (χ1) is 9.04. The molecule has 0 fully saturated rings. The van der Waals surface area contributed by atoms with Crippen molar-refractivity contribution in [2.24, 2.45) is 0 Å². The van der Waals surface area contributed by atoms with Crippen LogP contribution in [0.5, 0.6) is 5.75 Å². The number of rotatable bonds is 7. The van der Waals surface area contributed by atoms with Gasteiger partial charge in [0.1, 0.15) is 5.75 Å². The Balaban J connectivity index is 2.37. The first-order valence-electron chi connectivity index (χ1n) is 6.30. The van der Waals surface area contributed by atoms with Crippen molar-refractivity contribution in [3.8, 4) is 5.75 Å². The lowest BCUT2D eigenvalue weighted by atomic mass is 10.1. The monoisotopic (exact) mass is 266 g/mol. The number of methoxy groups -OCH3 is 1. The summed E-state index contributed by atoms with van der Waals surface area (Å²) in [6, 6.07) is 4.92. The number of phenolic OH excluding ortho intramolecular Hbond substituents is 1. The Bertz CT molecular complexity index is 421. The van der Waals surface area contributed by atoms with Gasteiger partial charge in [-0.3, -0.25) is 4.79 Å². The fourth-order valence-electron chi connectivity index (χ4n) is 1.57. The summed E-state index contributed by atoms with van der Waals surface area (Å²) in [5.74, 6) is -0.0275. The van der Waals surface area contributed by atoms with Crippen molar-refractivity contribution in [3.63, 3.8) is 0 Å². The molecular formula is C14H22N2O3. The van der Waals surface area contributed by atoms with Gasteiger partial charge < -0.3 is 20.1 Å². The molecule has 106 valence electrons. The Morgan fingerprint density at radius 1 is 1.42 bits per heavy atom. The van der Waals surface area contributed by atoms with Crippen molar-refractivity contribution in [2.45, 2.75) is 6.92 Å². The Kier molecular flexibility index (Phi) is 6.32. The molecule has 0 saturated carbocycles. The molecular weight excluding hydrogens is 244 g/mol. The van der Waals surface area contributed by atoms with Gasteiger partial charge in [-0.1, -0.05) is 6.07 Å². The summed E-state index contributed by atoms with van der Waals surface area (Å²) >= 11 is 0. The number of aryl methyl sites for hydroxylation is 1. The third kappa shape index (κ3) is 5.28. The number of amides is 1. The molecule has 1 aromatic rings. The fraction of sp³-hybridized carbons (Fsp3) is 0.500. The largest absolute Gasteiger partial charge is 0.508 e. The number of ether oxygens (including phenoxy) is 1. The minimum atomic E-state index is -0.171. The van der Waals surface area contributed by atoms with Crippen LogP contribution >= 0.6 is 0 Å². The Morgan fingerprint density at radius 3 is 2.79 bits per heavy atom. The van der Waals surface area contributed by atoms with E-state index < -0.39 is 0 Å². The molecule has 5 nitrogen and oxygen atoms in total. The van der Waals surface area contributed by atoms with Gasteiger partial charge in [-0.05, 0) is 31.7 Å². The summed E-state index contributed by atoms with van der Waals surface area (Å²) in [6.45, 7) is 4.62. The Morgan fingerprint density at radius 2 is 2.16 bits per heavy atom. The zero-order valence-electron chi connectivity index (χ0n) is 11.8. The standard InChI is InChI=1S/C14H22N2O3/c1-11-4-5-12(10-13(11)17)14(18)15-6-7-16(2)8-9-19-3/h4-5,10,17H,6-9H2,1-3H3,(H,15,18). The van der Waals surface area contributed by atoms with Gasteiger partial charge in [-0.25, -0.2) is 0 Å². The molecule has 2 N–H and O–H groups in total. The number of hydrogen-bond donors (Lipinski definition) is 2. The number of hydrogen-bond acceptors (Lipinski definition) is 4. The summed E-state index contributed by atoms with van der Waals surface area (Å²) in [6.07, 6.45) is 0. The lowest BCUT2D eigenvalue weighted by Crippen LogP contribution is -2.34. The predicted molar refractivity (Wildman–Crippen MR) is 74.6 cm³/mol. The van der Waals surface area contributed by atoms with E-state index >= 15 is 0 Å². The summed E-state index contributed by atoms with van der Waals surface area (Å²) in [5, 5.41) is 12.4. The summed E-state index contributed by atoms with van der Waals surface area (Å²) in [4.78, 5) is 13.9. The minimum absolute atomic E-state index is 0.143. The number of phenols is 1. The number of nitrogens with zero attached hydrogens (tertiary/aromatic N) is 1. The quantitative estimate of drug-likeness (QED) is 0.773. The van der Waals surface area contributed by atoms with Gasteiger partial charge in [-0.15, -0.1) is 0 Å². The van der Waals surface area contributed by atoms with Crippen LogP contribution in [0.25, 0.3) is 0 Å². The second kappa shape index (κ2) is 7.76. The molecule has 0 aliphatic carbocycles. The molecule has 19 heavy (non-hydrogen) atoms. The molecule has 1 amide bonds. The molecule has 0 radical (unpaired) electrons. The highest BCUT2D eigenvalue weighted by Crippen LogP contribution is 2.17. The Hall–Kier alpha value is -1.59. The van der Waals surface area contributed by atoms with Gasteiger partial charge >= 0.3 is 0 Å². The lowest BCUT2D eigenvalue weighted by Gasteiger charge is -2.16. The van der Waals surface area contributed by atoms with Crippen LogP contribution in [-0.4, -0.2) is 56.3 Å². The highest BCUT2D eigenvalue weighted by molar-refractivity contribution is 5.94. The summed E-state index contributed by atoms with van der Waals surface area (Å²) in [5.41, 5.74) is 1.23. The van der Waals surface area contributed by atoms with E-state index in [0.29, 0.717) is 18.7 Å². The molecule has 0 aliphatic rings. The molecule has 0 bridgehead atoms. The topological polar surface area (TPSA) is 61.8 Å². The van der Waals surface area contributed by atoms with Crippen molar-refractivity contribution in [3.05, 3.63) is 29.3 Å². The fourth-order valence-corrected chi connectivity index (χ4v) is 1.57. The van der Waals surface area contributed by atoms with Gasteiger partial charge in [0.25, 0.3) is 5.91 Å². The average molecular weight is 266 g/mol. The molecule has 0 saturated heterocycles. The highest BCUT2D eigenvalue weighted by atomic mass is 16.5.